The van der Waals surface area contributed by atoms with Crippen molar-refractivity contribution in [3.8, 4) is 0 Å². The maximum Gasteiger partial charge on any atom is 0.191 e. The Morgan fingerprint density at radius 2 is 2.09 bits per heavy atom. The van der Waals surface area contributed by atoms with Crippen molar-refractivity contribution < 1.29 is 8.42 Å². The number of nitrogens with one attached hydrogen (secondary N) is 2. The minimum Gasteiger partial charge on any atom is -0.356 e. The summed E-state index contributed by atoms with van der Waals surface area (Å²) in [5.41, 5.74) is 0. The average molecular weight is 330 g/mol. The molecular formula is C15H30N4O2S. The molecule has 0 aromatic carbocycles. The smallest absolute Gasteiger partial charge is 0.191 e. The van der Waals surface area contributed by atoms with E-state index in [-0.39, 0.29) is 5.92 Å². The van der Waals surface area contributed by atoms with E-state index in [9.17, 15) is 8.42 Å². The number of nitrogens with zero attached hydrogens (tertiary/aromatic N) is 2. The van der Waals surface area contributed by atoms with Gasteiger partial charge in [-0.3, -0.25) is 9.89 Å². The first-order valence-corrected chi connectivity index (χ1v) is 10.0. The summed E-state index contributed by atoms with van der Waals surface area (Å²) in [5, 5.41) is 6.79. The molecule has 0 aliphatic carbocycles. The highest BCUT2D eigenvalue weighted by Gasteiger charge is 2.32. The monoisotopic (exact) mass is 330 g/mol. The van der Waals surface area contributed by atoms with Crippen LogP contribution in [0.25, 0.3) is 0 Å². The highest BCUT2D eigenvalue weighted by Crippen LogP contribution is 2.19. The molecule has 0 saturated carbocycles. The van der Waals surface area contributed by atoms with Gasteiger partial charge in [0.05, 0.1) is 11.5 Å². The van der Waals surface area contributed by atoms with Gasteiger partial charge in [0.2, 0.25) is 0 Å². The van der Waals surface area contributed by atoms with Gasteiger partial charge in [0.1, 0.15) is 0 Å². The van der Waals surface area contributed by atoms with Gasteiger partial charge < -0.3 is 10.6 Å². The minimum absolute atomic E-state index is 0.205. The van der Waals surface area contributed by atoms with Crippen LogP contribution in [-0.2, 0) is 9.84 Å². The first kappa shape index (κ1) is 17.5. The van der Waals surface area contributed by atoms with Gasteiger partial charge in [-0.15, -0.1) is 0 Å². The van der Waals surface area contributed by atoms with Gasteiger partial charge >= 0.3 is 0 Å². The van der Waals surface area contributed by atoms with Crippen LogP contribution in [0.2, 0.25) is 0 Å². The molecule has 2 aliphatic heterocycles. The summed E-state index contributed by atoms with van der Waals surface area (Å²) in [5.74, 6) is 2.20. The van der Waals surface area contributed by atoms with Crippen LogP contribution in [0, 0.1) is 11.8 Å². The predicted molar refractivity (Wildman–Crippen MR) is 90.9 cm³/mol. The molecule has 7 heteroatoms. The van der Waals surface area contributed by atoms with Crippen molar-refractivity contribution in [2.75, 3.05) is 38.2 Å². The van der Waals surface area contributed by atoms with E-state index in [0.717, 1.165) is 25.5 Å². The van der Waals surface area contributed by atoms with E-state index in [1.54, 1.807) is 7.05 Å². The van der Waals surface area contributed by atoms with E-state index in [2.05, 4.69) is 41.3 Å². The molecule has 0 bridgehead atoms. The lowest BCUT2D eigenvalue weighted by molar-refractivity contribution is 0.265. The third-order valence-electron chi connectivity index (χ3n) is 4.80. The van der Waals surface area contributed by atoms with Crippen molar-refractivity contribution in [3.05, 3.63) is 0 Å². The molecule has 3 unspecified atom stereocenters. The molecule has 2 aliphatic rings. The Morgan fingerprint density at radius 1 is 1.36 bits per heavy atom. The lowest BCUT2D eigenvalue weighted by atomic mass is 10.1. The summed E-state index contributed by atoms with van der Waals surface area (Å²) in [6.07, 6.45) is 0.757. The van der Waals surface area contributed by atoms with Gasteiger partial charge in [0, 0.05) is 38.8 Å². The maximum absolute atomic E-state index is 11.5. The summed E-state index contributed by atoms with van der Waals surface area (Å²) in [4.78, 5) is 6.75. The Balaban J connectivity index is 1.81. The number of hydrogen-bond donors (Lipinski definition) is 2. The van der Waals surface area contributed by atoms with Crippen molar-refractivity contribution in [2.24, 2.45) is 16.8 Å². The Bertz CT molecular complexity index is 504. The van der Waals surface area contributed by atoms with Crippen LogP contribution in [0.1, 0.15) is 27.2 Å². The number of aliphatic imine (C=N–C) groups is 1. The predicted octanol–water partition coefficient (Wildman–Crippen LogP) is 0.315. The van der Waals surface area contributed by atoms with E-state index in [1.807, 2.05) is 0 Å². The second-order valence-corrected chi connectivity index (χ2v) is 9.23. The van der Waals surface area contributed by atoms with Crippen molar-refractivity contribution in [1.29, 1.82) is 0 Å². The lowest BCUT2D eigenvalue weighted by Crippen LogP contribution is -2.47. The van der Waals surface area contributed by atoms with Crippen molar-refractivity contribution in [3.63, 3.8) is 0 Å². The molecule has 6 nitrogen and oxygen atoms in total. The summed E-state index contributed by atoms with van der Waals surface area (Å²) < 4.78 is 23.0. The van der Waals surface area contributed by atoms with Gasteiger partial charge in [0.15, 0.2) is 15.8 Å². The Hall–Kier alpha value is -0.820. The zero-order valence-electron chi connectivity index (χ0n) is 14.2. The standard InChI is InChI=1S/C15H30N4O2S/c1-11(2)19-8-12(3)14(9-19)18-15(16-4)17-7-13-5-6-22(20,21)10-13/h11-14H,5-10H2,1-4H3,(H2,16,17,18). The Labute approximate surface area is 134 Å². The number of rotatable bonds is 4. The highest BCUT2D eigenvalue weighted by molar-refractivity contribution is 7.91. The molecule has 3 atom stereocenters. The van der Waals surface area contributed by atoms with Crippen LogP contribution in [0.15, 0.2) is 4.99 Å². The van der Waals surface area contributed by atoms with E-state index < -0.39 is 9.84 Å². The van der Waals surface area contributed by atoms with Crippen LogP contribution in [0.3, 0.4) is 0 Å². The minimum atomic E-state index is -2.81. The normalized spacial score (nSPS) is 32.6. The zero-order chi connectivity index (χ0) is 16.3. The van der Waals surface area contributed by atoms with E-state index in [4.69, 9.17) is 0 Å². The summed E-state index contributed by atoms with van der Waals surface area (Å²) in [6, 6.07) is 0.953. The maximum atomic E-state index is 11.5. The quantitative estimate of drug-likeness (QED) is 0.573. The third kappa shape index (κ3) is 4.59. The second kappa shape index (κ2) is 7.17. The van der Waals surface area contributed by atoms with Gasteiger partial charge in [0.25, 0.3) is 0 Å². The van der Waals surface area contributed by atoms with Gasteiger partial charge in [-0.2, -0.15) is 0 Å². The molecule has 0 spiro atoms. The molecule has 0 aromatic heterocycles. The molecule has 2 heterocycles. The van der Waals surface area contributed by atoms with Gasteiger partial charge in [-0.05, 0) is 32.1 Å². The molecule has 0 aromatic rings. The topological polar surface area (TPSA) is 73.8 Å². The number of hydrogen-bond acceptors (Lipinski definition) is 4. The molecule has 2 saturated heterocycles. The first-order chi connectivity index (χ1) is 10.3. The number of sulfone groups is 1. The molecule has 22 heavy (non-hydrogen) atoms. The summed E-state index contributed by atoms with van der Waals surface area (Å²) >= 11 is 0. The highest BCUT2D eigenvalue weighted by atomic mass is 32.2. The van der Waals surface area contributed by atoms with E-state index in [1.165, 1.54) is 0 Å². The van der Waals surface area contributed by atoms with E-state index in [0.29, 0.717) is 36.1 Å². The Morgan fingerprint density at radius 3 is 2.59 bits per heavy atom. The Kier molecular flexibility index (Phi) is 5.71. The average Bonchev–Trinajstić information content (AvgIpc) is 2.97. The summed E-state index contributed by atoms with van der Waals surface area (Å²) in [6.45, 7) is 9.51. The largest absolute Gasteiger partial charge is 0.356 e. The second-order valence-electron chi connectivity index (χ2n) is 7.00. The number of likely N-dealkylation sites (tertiary alicyclic amines) is 1. The summed E-state index contributed by atoms with van der Waals surface area (Å²) in [7, 11) is -1.04. The molecule has 0 amide bonds. The third-order valence-corrected chi connectivity index (χ3v) is 6.64. The molecular weight excluding hydrogens is 300 g/mol. The van der Waals surface area contributed by atoms with Crippen molar-refractivity contribution >= 4 is 15.8 Å². The van der Waals surface area contributed by atoms with Crippen molar-refractivity contribution in [2.45, 2.75) is 39.3 Å². The van der Waals surface area contributed by atoms with Crippen LogP contribution >= 0.6 is 0 Å². The molecule has 0 radical (unpaired) electrons. The molecule has 2 N–H and O–H groups in total. The van der Waals surface area contributed by atoms with Crippen LogP contribution in [-0.4, -0.2) is 69.5 Å². The zero-order valence-corrected chi connectivity index (χ0v) is 15.0. The van der Waals surface area contributed by atoms with E-state index >= 15 is 0 Å². The SMILES string of the molecule is CN=C(NCC1CCS(=O)(=O)C1)NC1CN(C(C)C)CC1C. The number of guanidine groups is 1. The van der Waals surface area contributed by atoms with Crippen molar-refractivity contribution in [1.82, 2.24) is 15.5 Å². The van der Waals surface area contributed by atoms with Gasteiger partial charge in [-0.25, -0.2) is 8.42 Å². The van der Waals surface area contributed by atoms with Gasteiger partial charge in [-0.1, -0.05) is 6.92 Å². The lowest BCUT2D eigenvalue weighted by Gasteiger charge is -2.22. The fourth-order valence-electron chi connectivity index (χ4n) is 3.26. The fraction of sp³-hybridized carbons (Fsp3) is 0.933. The molecule has 128 valence electrons. The van der Waals surface area contributed by atoms with Crippen LogP contribution in [0.4, 0.5) is 0 Å². The molecule has 2 rings (SSSR count). The molecule has 2 fully saturated rings. The first-order valence-electron chi connectivity index (χ1n) is 8.22. The van der Waals surface area contributed by atoms with Crippen LogP contribution < -0.4 is 10.6 Å². The van der Waals surface area contributed by atoms with Crippen LogP contribution in [0.5, 0.6) is 0 Å². The fourth-order valence-corrected chi connectivity index (χ4v) is 5.12.